The van der Waals surface area contributed by atoms with E-state index in [0.29, 0.717) is 0 Å². The number of hydrogen-bond acceptors (Lipinski definition) is 4. The fraction of sp³-hybridized carbons (Fsp3) is 0.231. The lowest BCUT2D eigenvalue weighted by molar-refractivity contribution is 0.739. The predicted molar refractivity (Wildman–Crippen MR) is 70.8 cm³/mol. The summed E-state index contributed by atoms with van der Waals surface area (Å²) in [5.41, 5.74) is 1.44. The summed E-state index contributed by atoms with van der Waals surface area (Å²) in [4.78, 5) is 11.0. The molecule has 1 aliphatic rings. The SMILES string of the molecule is C1=C(c2ccc(-c3ncccn3)s2)CCNC1. The average molecular weight is 243 g/mol. The van der Waals surface area contributed by atoms with Crippen LogP contribution >= 0.6 is 11.3 Å². The van der Waals surface area contributed by atoms with Crippen LogP contribution in [0.15, 0.2) is 36.7 Å². The molecular weight excluding hydrogens is 230 g/mol. The molecule has 4 heteroatoms. The third-order valence-electron chi connectivity index (χ3n) is 2.77. The van der Waals surface area contributed by atoms with Gasteiger partial charge in [-0.1, -0.05) is 6.08 Å². The number of hydrogen-bond donors (Lipinski definition) is 1. The van der Waals surface area contributed by atoms with Gasteiger partial charge >= 0.3 is 0 Å². The quantitative estimate of drug-likeness (QED) is 0.881. The molecule has 17 heavy (non-hydrogen) atoms. The highest BCUT2D eigenvalue weighted by Crippen LogP contribution is 2.31. The Morgan fingerprint density at radius 1 is 1.12 bits per heavy atom. The smallest absolute Gasteiger partial charge is 0.169 e. The van der Waals surface area contributed by atoms with Crippen molar-refractivity contribution in [3.8, 4) is 10.7 Å². The van der Waals surface area contributed by atoms with Crippen LogP contribution in [0.4, 0.5) is 0 Å². The Kier molecular flexibility index (Phi) is 2.98. The third kappa shape index (κ3) is 2.28. The summed E-state index contributed by atoms with van der Waals surface area (Å²) in [5.74, 6) is 0.818. The molecule has 86 valence electrons. The molecule has 2 aromatic rings. The van der Waals surface area contributed by atoms with E-state index in [9.17, 15) is 0 Å². The molecule has 0 fully saturated rings. The lowest BCUT2D eigenvalue weighted by Gasteiger charge is -2.11. The monoisotopic (exact) mass is 243 g/mol. The Labute approximate surface area is 104 Å². The van der Waals surface area contributed by atoms with Crippen molar-refractivity contribution in [2.75, 3.05) is 13.1 Å². The van der Waals surface area contributed by atoms with Crippen molar-refractivity contribution in [3.63, 3.8) is 0 Å². The molecule has 0 saturated carbocycles. The zero-order chi connectivity index (χ0) is 11.5. The van der Waals surface area contributed by atoms with Crippen LogP contribution in [0.2, 0.25) is 0 Å². The predicted octanol–water partition coefficient (Wildman–Crippen LogP) is 2.58. The van der Waals surface area contributed by atoms with Crippen molar-refractivity contribution in [1.82, 2.24) is 15.3 Å². The van der Waals surface area contributed by atoms with Crippen LogP contribution in [-0.4, -0.2) is 23.1 Å². The van der Waals surface area contributed by atoms with E-state index in [1.54, 1.807) is 23.7 Å². The Bertz CT molecular complexity index is 531. The summed E-state index contributed by atoms with van der Waals surface area (Å²) >= 11 is 1.77. The summed E-state index contributed by atoms with van der Waals surface area (Å²) in [6.45, 7) is 2.05. The van der Waals surface area contributed by atoms with E-state index < -0.39 is 0 Å². The fourth-order valence-electron chi connectivity index (χ4n) is 1.90. The largest absolute Gasteiger partial charge is 0.313 e. The van der Waals surface area contributed by atoms with Crippen molar-refractivity contribution in [1.29, 1.82) is 0 Å². The van der Waals surface area contributed by atoms with Crippen LogP contribution in [0.3, 0.4) is 0 Å². The van der Waals surface area contributed by atoms with Gasteiger partial charge in [-0.15, -0.1) is 11.3 Å². The maximum Gasteiger partial charge on any atom is 0.169 e. The minimum Gasteiger partial charge on any atom is -0.313 e. The van der Waals surface area contributed by atoms with E-state index in [2.05, 4.69) is 33.5 Å². The van der Waals surface area contributed by atoms with Crippen LogP contribution in [0.1, 0.15) is 11.3 Å². The van der Waals surface area contributed by atoms with Crippen molar-refractivity contribution in [2.45, 2.75) is 6.42 Å². The molecule has 3 rings (SSSR count). The van der Waals surface area contributed by atoms with Gasteiger partial charge in [-0.2, -0.15) is 0 Å². The molecule has 0 radical (unpaired) electrons. The molecule has 3 nitrogen and oxygen atoms in total. The number of nitrogens with zero attached hydrogens (tertiary/aromatic N) is 2. The molecule has 0 aromatic carbocycles. The van der Waals surface area contributed by atoms with E-state index in [4.69, 9.17) is 0 Å². The first-order chi connectivity index (χ1) is 8.43. The first-order valence-corrected chi connectivity index (χ1v) is 6.52. The van der Waals surface area contributed by atoms with Crippen LogP contribution in [0, 0.1) is 0 Å². The van der Waals surface area contributed by atoms with Crippen LogP contribution in [0.5, 0.6) is 0 Å². The van der Waals surface area contributed by atoms with Gasteiger partial charge in [0.1, 0.15) is 0 Å². The van der Waals surface area contributed by atoms with Crippen molar-refractivity contribution < 1.29 is 0 Å². The van der Waals surface area contributed by atoms with Gasteiger partial charge in [0.15, 0.2) is 5.82 Å². The van der Waals surface area contributed by atoms with Crippen LogP contribution in [-0.2, 0) is 0 Å². The van der Waals surface area contributed by atoms with Crippen LogP contribution in [0.25, 0.3) is 16.3 Å². The maximum atomic E-state index is 4.27. The molecule has 2 aromatic heterocycles. The highest BCUT2D eigenvalue weighted by Gasteiger charge is 2.10. The summed E-state index contributed by atoms with van der Waals surface area (Å²) < 4.78 is 0. The van der Waals surface area contributed by atoms with Gasteiger partial charge in [0.2, 0.25) is 0 Å². The van der Waals surface area contributed by atoms with Crippen molar-refractivity contribution >= 4 is 16.9 Å². The maximum absolute atomic E-state index is 4.27. The molecule has 0 aliphatic carbocycles. The minimum absolute atomic E-state index is 0.818. The summed E-state index contributed by atoms with van der Waals surface area (Å²) in [5, 5.41) is 3.33. The molecule has 0 bridgehead atoms. The second-order valence-electron chi connectivity index (χ2n) is 3.92. The first-order valence-electron chi connectivity index (χ1n) is 5.71. The number of rotatable bonds is 2. The van der Waals surface area contributed by atoms with E-state index in [-0.39, 0.29) is 0 Å². The summed E-state index contributed by atoms with van der Waals surface area (Å²) in [6.07, 6.45) is 6.94. The molecule has 1 aliphatic heterocycles. The van der Waals surface area contributed by atoms with Crippen molar-refractivity contribution in [3.05, 3.63) is 41.5 Å². The van der Waals surface area contributed by atoms with E-state index in [1.165, 1.54) is 10.5 Å². The summed E-state index contributed by atoms with van der Waals surface area (Å²) in [7, 11) is 0. The molecule has 0 atom stereocenters. The highest BCUT2D eigenvalue weighted by molar-refractivity contribution is 7.16. The Morgan fingerprint density at radius 3 is 2.71 bits per heavy atom. The van der Waals surface area contributed by atoms with Gasteiger partial charge in [0.25, 0.3) is 0 Å². The molecule has 3 heterocycles. The average Bonchev–Trinajstić information content (AvgIpc) is 2.90. The highest BCUT2D eigenvalue weighted by atomic mass is 32.1. The fourth-order valence-corrected chi connectivity index (χ4v) is 2.93. The van der Waals surface area contributed by atoms with Gasteiger partial charge in [-0.05, 0) is 36.7 Å². The van der Waals surface area contributed by atoms with Gasteiger partial charge in [-0.25, -0.2) is 9.97 Å². The normalized spacial score (nSPS) is 15.6. The van der Waals surface area contributed by atoms with Gasteiger partial charge in [0.05, 0.1) is 4.88 Å². The van der Waals surface area contributed by atoms with Gasteiger partial charge in [-0.3, -0.25) is 0 Å². The third-order valence-corrected chi connectivity index (χ3v) is 3.93. The van der Waals surface area contributed by atoms with E-state index in [0.717, 1.165) is 30.2 Å². The van der Waals surface area contributed by atoms with Crippen molar-refractivity contribution in [2.24, 2.45) is 0 Å². The minimum atomic E-state index is 0.818. The van der Waals surface area contributed by atoms with Crippen LogP contribution < -0.4 is 5.32 Å². The molecular formula is C13H13N3S. The number of thiophene rings is 1. The molecule has 0 unspecified atom stereocenters. The topological polar surface area (TPSA) is 37.8 Å². The second-order valence-corrected chi connectivity index (χ2v) is 5.00. The molecule has 1 N–H and O–H groups in total. The Balaban J connectivity index is 1.90. The zero-order valence-corrected chi connectivity index (χ0v) is 10.2. The van der Waals surface area contributed by atoms with E-state index in [1.807, 2.05) is 6.07 Å². The van der Waals surface area contributed by atoms with Gasteiger partial charge in [0, 0.05) is 23.8 Å². The molecule has 0 saturated heterocycles. The molecule has 0 amide bonds. The van der Waals surface area contributed by atoms with Gasteiger partial charge < -0.3 is 5.32 Å². The van der Waals surface area contributed by atoms with E-state index >= 15 is 0 Å². The molecule has 0 spiro atoms. The lowest BCUT2D eigenvalue weighted by Crippen LogP contribution is -2.19. The number of nitrogens with one attached hydrogen (secondary N) is 1. The standard InChI is InChI=1S/C13H13N3S/c1-6-15-13(16-7-1)12-3-2-11(17-12)10-4-8-14-9-5-10/h1-4,6-7,14H,5,8-9H2. The summed E-state index contributed by atoms with van der Waals surface area (Å²) in [6, 6.07) is 6.12. The zero-order valence-electron chi connectivity index (χ0n) is 9.39. The number of aromatic nitrogens is 2. The Morgan fingerprint density at radius 2 is 1.94 bits per heavy atom. The second kappa shape index (κ2) is 4.77. The first kappa shape index (κ1) is 10.6. The Hall–Kier alpha value is -1.52. The lowest BCUT2D eigenvalue weighted by atomic mass is 10.1.